The van der Waals surface area contributed by atoms with Crippen molar-refractivity contribution in [2.45, 2.75) is 31.8 Å². The summed E-state index contributed by atoms with van der Waals surface area (Å²) in [5.41, 5.74) is 1.13. The van der Waals surface area contributed by atoms with Crippen molar-refractivity contribution in [3.8, 4) is 0 Å². The second kappa shape index (κ2) is 4.35. The van der Waals surface area contributed by atoms with Gasteiger partial charge in [0.25, 0.3) is 5.91 Å². The monoisotopic (exact) mass is 260 g/mol. The molecular weight excluding hydrogens is 244 g/mol. The highest BCUT2D eigenvalue weighted by molar-refractivity contribution is 7.80. The molecule has 1 amide bonds. The first-order chi connectivity index (χ1) is 8.70. The third-order valence-electron chi connectivity index (χ3n) is 3.90. The Morgan fingerprint density at radius 2 is 2.06 bits per heavy atom. The predicted octanol–water partition coefficient (Wildman–Crippen LogP) is 2.34. The van der Waals surface area contributed by atoms with Crippen molar-refractivity contribution in [2.24, 2.45) is 0 Å². The smallest absolute Gasteiger partial charge is 0.252 e. The molecule has 18 heavy (non-hydrogen) atoms. The fraction of sp³-hybridized carbons (Fsp3) is 0.429. The average molecular weight is 260 g/mol. The molecule has 3 rings (SSSR count). The highest BCUT2D eigenvalue weighted by Crippen LogP contribution is 2.33. The zero-order valence-electron chi connectivity index (χ0n) is 10.4. The van der Waals surface area contributed by atoms with Gasteiger partial charge in [0.15, 0.2) is 5.11 Å². The summed E-state index contributed by atoms with van der Waals surface area (Å²) in [4.78, 5) is 16.3. The van der Waals surface area contributed by atoms with Crippen molar-refractivity contribution >= 4 is 23.2 Å². The molecule has 0 bridgehead atoms. The second-order valence-corrected chi connectivity index (χ2v) is 5.29. The Kier molecular flexibility index (Phi) is 2.82. The molecule has 1 aromatic carbocycles. The van der Waals surface area contributed by atoms with Gasteiger partial charge < -0.3 is 4.90 Å². The van der Waals surface area contributed by atoms with Crippen LogP contribution < -0.4 is 0 Å². The van der Waals surface area contributed by atoms with Gasteiger partial charge >= 0.3 is 0 Å². The van der Waals surface area contributed by atoms with Crippen LogP contribution in [0.5, 0.6) is 0 Å². The number of hydrogen-bond donors (Lipinski definition) is 0. The molecule has 4 heteroatoms. The van der Waals surface area contributed by atoms with E-state index in [0.717, 1.165) is 24.9 Å². The molecule has 0 saturated carbocycles. The molecule has 2 heterocycles. The van der Waals surface area contributed by atoms with Gasteiger partial charge in [-0.15, -0.1) is 0 Å². The lowest BCUT2D eigenvalue weighted by molar-refractivity contribution is -0.129. The molecule has 1 aromatic rings. The minimum Gasteiger partial charge on any atom is -0.337 e. The van der Waals surface area contributed by atoms with Crippen molar-refractivity contribution in [3.05, 3.63) is 35.9 Å². The number of amides is 1. The van der Waals surface area contributed by atoms with E-state index in [1.807, 2.05) is 37.3 Å². The second-order valence-electron chi connectivity index (χ2n) is 4.93. The van der Waals surface area contributed by atoms with Gasteiger partial charge in [-0.1, -0.05) is 30.3 Å². The highest BCUT2D eigenvalue weighted by atomic mass is 32.1. The summed E-state index contributed by atoms with van der Waals surface area (Å²) in [7, 11) is 0. The topological polar surface area (TPSA) is 23.6 Å². The molecule has 2 atom stereocenters. The number of hydrogen-bond acceptors (Lipinski definition) is 2. The lowest BCUT2D eigenvalue weighted by Crippen LogP contribution is -2.35. The summed E-state index contributed by atoms with van der Waals surface area (Å²) >= 11 is 5.46. The van der Waals surface area contributed by atoms with E-state index in [9.17, 15) is 4.79 Å². The molecule has 0 aromatic heterocycles. The standard InChI is InChI=1S/C14H16N2OS/c1-10(11-6-3-2-4-7-11)16-13(17)12-8-5-9-15(12)14(16)18/h2-4,6-7,10,12H,5,8-9H2,1H3/t10-,12+/m1/s1. The van der Waals surface area contributed by atoms with Crippen LogP contribution in [0.15, 0.2) is 30.3 Å². The van der Waals surface area contributed by atoms with Crippen molar-refractivity contribution in [1.29, 1.82) is 0 Å². The maximum Gasteiger partial charge on any atom is 0.252 e. The zero-order chi connectivity index (χ0) is 12.7. The molecule has 94 valence electrons. The highest BCUT2D eigenvalue weighted by Gasteiger charge is 2.46. The van der Waals surface area contributed by atoms with Crippen LogP contribution >= 0.6 is 12.2 Å². The number of thiocarbonyl (C=S) groups is 1. The van der Waals surface area contributed by atoms with Crippen LogP contribution in [-0.2, 0) is 4.79 Å². The molecule has 2 saturated heterocycles. The molecular formula is C14H16N2OS. The van der Waals surface area contributed by atoms with Gasteiger partial charge in [-0.2, -0.15) is 0 Å². The molecule has 0 radical (unpaired) electrons. The molecule has 0 unspecified atom stereocenters. The van der Waals surface area contributed by atoms with E-state index in [0.29, 0.717) is 5.11 Å². The van der Waals surface area contributed by atoms with Gasteiger partial charge in [0.1, 0.15) is 6.04 Å². The van der Waals surface area contributed by atoms with Crippen molar-refractivity contribution in [3.63, 3.8) is 0 Å². The summed E-state index contributed by atoms with van der Waals surface area (Å²) in [6, 6.07) is 10.1. The van der Waals surface area contributed by atoms with Gasteiger partial charge in [0.05, 0.1) is 6.04 Å². The first kappa shape index (κ1) is 11.7. The van der Waals surface area contributed by atoms with Crippen LogP contribution in [0.25, 0.3) is 0 Å². The number of benzene rings is 1. The van der Waals surface area contributed by atoms with E-state index in [2.05, 4.69) is 4.90 Å². The Hall–Kier alpha value is -1.42. The van der Waals surface area contributed by atoms with E-state index in [1.54, 1.807) is 4.90 Å². The van der Waals surface area contributed by atoms with Crippen LogP contribution in [0, 0.1) is 0 Å². The number of rotatable bonds is 2. The summed E-state index contributed by atoms with van der Waals surface area (Å²) in [6.07, 6.45) is 2.01. The zero-order valence-corrected chi connectivity index (χ0v) is 11.2. The molecule has 0 spiro atoms. The average Bonchev–Trinajstić information content (AvgIpc) is 2.95. The van der Waals surface area contributed by atoms with Crippen LogP contribution in [0.4, 0.5) is 0 Å². The summed E-state index contributed by atoms with van der Waals surface area (Å²) in [6.45, 7) is 2.97. The first-order valence-corrected chi connectivity index (χ1v) is 6.79. The maximum absolute atomic E-state index is 12.4. The van der Waals surface area contributed by atoms with E-state index < -0.39 is 0 Å². The fourth-order valence-electron chi connectivity index (χ4n) is 2.88. The van der Waals surface area contributed by atoms with Crippen LogP contribution in [0.1, 0.15) is 31.4 Å². The third kappa shape index (κ3) is 1.63. The Bertz CT molecular complexity index is 466. The van der Waals surface area contributed by atoms with Crippen molar-refractivity contribution < 1.29 is 4.79 Å². The lowest BCUT2D eigenvalue weighted by atomic mass is 10.1. The summed E-state index contributed by atoms with van der Waals surface area (Å²) in [5, 5.41) is 0.707. The van der Waals surface area contributed by atoms with Crippen molar-refractivity contribution in [1.82, 2.24) is 9.80 Å². The van der Waals surface area contributed by atoms with Gasteiger partial charge in [-0.3, -0.25) is 9.69 Å². The number of fused-ring (bicyclic) bond motifs is 1. The quantitative estimate of drug-likeness (QED) is 0.763. The van der Waals surface area contributed by atoms with Crippen LogP contribution in [0.3, 0.4) is 0 Å². The first-order valence-electron chi connectivity index (χ1n) is 6.39. The van der Waals surface area contributed by atoms with Crippen LogP contribution in [-0.4, -0.2) is 33.4 Å². The maximum atomic E-state index is 12.4. The molecule has 2 aliphatic heterocycles. The Morgan fingerprint density at radius 1 is 1.33 bits per heavy atom. The van der Waals surface area contributed by atoms with E-state index >= 15 is 0 Å². The number of carbonyl (C=O) groups excluding carboxylic acids is 1. The van der Waals surface area contributed by atoms with Crippen LogP contribution in [0.2, 0.25) is 0 Å². The van der Waals surface area contributed by atoms with E-state index in [4.69, 9.17) is 12.2 Å². The molecule has 3 nitrogen and oxygen atoms in total. The van der Waals surface area contributed by atoms with Gasteiger partial charge in [0.2, 0.25) is 0 Å². The Balaban J connectivity index is 1.89. The number of carbonyl (C=O) groups is 1. The predicted molar refractivity (Wildman–Crippen MR) is 74.0 cm³/mol. The minimum absolute atomic E-state index is 0.00339. The van der Waals surface area contributed by atoms with E-state index in [1.165, 1.54) is 0 Å². The molecule has 2 aliphatic rings. The minimum atomic E-state index is 0.00339. The molecule has 2 fully saturated rings. The number of nitrogens with zero attached hydrogens (tertiary/aromatic N) is 2. The summed E-state index contributed by atoms with van der Waals surface area (Å²) < 4.78 is 0. The molecule has 0 aliphatic carbocycles. The summed E-state index contributed by atoms with van der Waals surface area (Å²) in [5.74, 6) is 0.175. The van der Waals surface area contributed by atoms with Gasteiger partial charge in [-0.25, -0.2) is 0 Å². The van der Waals surface area contributed by atoms with Crippen molar-refractivity contribution in [2.75, 3.05) is 6.54 Å². The lowest BCUT2D eigenvalue weighted by Gasteiger charge is -2.25. The largest absolute Gasteiger partial charge is 0.337 e. The van der Waals surface area contributed by atoms with Gasteiger partial charge in [-0.05, 0) is 37.5 Å². The Labute approximate surface area is 112 Å². The normalized spacial score (nSPS) is 24.6. The third-order valence-corrected chi connectivity index (χ3v) is 4.33. The SMILES string of the molecule is C[C@H](c1ccccc1)N1C(=O)[C@@H]2CCCN2C1=S. The fourth-order valence-corrected chi connectivity index (χ4v) is 3.35. The molecule has 0 N–H and O–H groups in total. The van der Waals surface area contributed by atoms with E-state index in [-0.39, 0.29) is 18.0 Å². The van der Waals surface area contributed by atoms with Gasteiger partial charge in [0, 0.05) is 6.54 Å². The Morgan fingerprint density at radius 3 is 2.72 bits per heavy atom.